The molecule has 1 saturated heterocycles. The maximum absolute atomic E-state index is 6.13. The lowest BCUT2D eigenvalue weighted by Gasteiger charge is -2.14. The van der Waals surface area contributed by atoms with Crippen LogP contribution in [0.1, 0.15) is 24.4 Å². The minimum atomic E-state index is 0.334. The first-order chi connectivity index (χ1) is 6.70. The van der Waals surface area contributed by atoms with Gasteiger partial charge >= 0.3 is 0 Å². The lowest BCUT2D eigenvalue weighted by Crippen LogP contribution is -2.13. The Morgan fingerprint density at radius 2 is 2.07 bits per heavy atom. The SMILES string of the molecule is Nc1ccc(C2CCCN2)c(Cl)c1Cl. The highest BCUT2D eigenvalue weighted by Gasteiger charge is 2.20. The Morgan fingerprint density at radius 1 is 1.29 bits per heavy atom. The first-order valence-electron chi connectivity index (χ1n) is 4.67. The van der Waals surface area contributed by atoms with E-state index < -0.39 is 0 Å². The van der Waals surface area contributed by atoms with Gasteiger partial charge in [0.1, 0.15) is 0 Å². The average Bonchev–Trinajstić information content (AvgIpc) is 2.67. The second-order valence-electron chi connectivity index (χ2n) is 3.52. The lowest BCUT2D eigenvalue weighted by molar-refractivity contribution is 0.648. The second-order valence-corrected chi connectivity index (χ2v) is 4.28. The monoisotopic (exact) mass is 230 g/mol. The Labute approximate surface area is 93.4 Å². The molecular formula is C10H12Cl2N2. The Bertz CT molecular complexity index is 346. The van der Waals surface area contributed by atoms with E-state index in [0.29, 0.717) is 21.8 Å². The fourth-order valence-electron chi connectivity index (χ4n) is 1.80. The summed E-state index contributed by atoms with van der Waals surface area (Å²) in [6.45, 7) is 1.04. The summed E-state index contributed by atoms with van der Waals surface area (Å²) in [6.07, 6.45) is 2.29. The first kappa shape index (κ1) is 10.1. The van der Waals surface area contributed by atoms with Crippen LogP contribution < -0.4 is 11.1 Å². The van der Waals surface area contributed by atoms with Crippen LogP contribution in [-0.2, 0) is 0 Å². The molecule has 1 atom stereocenters. The molecule has 1 unspecified atom stereocenters. The third-order valence-corrected chi connectivity index (χ3v) is 3.49. The summed E-state index contributed by atoms with van der Waals surface area (Å²) in [5.41, 5.74) is 7.25. The third-order valence-electron chi connectivity index (χ3n) is 2.58. The molecule has 0 radical (unpaired) electrons. The maximum Gasteiger partial charge on any atom is 0.0824 e. The molecule has 0 spiro atoms. The fourth-order valence-corrected chi connectivity index (χ4v) is 2.27. The molecule has 0 aromatic heterocycles. The molecule has 0 bridgehead atoms. The van der Waals surface area contributed by atoms with Gasteiger partial charge in [0.05, 0.1) is 15.7 Å². The molecule has 0 saturated carbocycles. The van der Waals surface area contributed by atoms with Gasteiger partial charge < -0.3 is 11.1 Å². The number of nitrogens with two attached hydrogens (primary N) is 1. The van der Waals surface area contributed by atoms with Crippen LogP contribution in [0.15, 0.2) is 12.1 Å². The van der Waals surface area contributed by atoms with Gasteiger partial charge in [-0.1, -0.05) is 29.3 Å². The quantitative estimate of drug-likeness (QED) is 0.729. The summed E-state index contributed by atoms with van der Waals surface area (Å²) in [5.74, 6) is 0. The number of benzene rings is 1. The van der Waals surface area contributed by atoms with Crippen LogP contribution in [0.2, 0.25) is 10.0 Å². The van der Waals surface area contributed by atoms with Crippen LogP contribution in [0.5, 0.6) is 0 Å². The van der Waals surface area contributed by atoms with Crippen molar-refractivity contribution in [1.82, 2.24) is 5.32 Å². The van der Waals surface area contributed by atoms with Crippen molar-refractivity contribution in [3.05, 3.63) is 27.7 Å². The van der Waals surface area contributed by atoms with E-state index in [-0.39, 0.29) is 0 Å². The molecule has 0 amide bonds. The van der Waals surface area contributed by atoms with Crippen LogP contribution >= 0.6 is 23.2 Å². The second kappa shape index (κ2) is 3.97. The minimum Gasteiger partial charge on any atom is -0.397 e. The summed E-state index contributed by atoms with van der Waals surface area (Å²) in [7, 11) is 0. The van der Waals surface area contributed by atoms with Crippen LogP contribution in [0.3, 0.4) is 0 Å². The Balaban J connectivity index is 2.38. The summed E-state index contributed by atoms with van der Waals surface area (Å²) in [5, 5.41) is 4.44. The number of rotatable bonds is 1. The summed E-state index contributed by atoms with van der Waals surface area (Å²) in [4.78, 5) is 0. The highest BCUT2D eigenvalue weighted by molar-refractivity contribution is 6.44. The van der Waals surface area contributed by atoms with Crippen molar-refractivity contribution in [1.29, 1.82) is 0 Å². The molecule has 1 aliphatic heterocycles. The molecule has 1 fully saturated rings. The number of hydrogen-bond donors (Lipinski definition) is 2. The zero-order valence-electron chi connectivity index (χ0n) is 7.69. The molecule has 1 aromatic carbocycles. The van der Waals surface area contributed by atoms with Crippen LogP contribution in [0.4, 0.5) is 5.69 Å². The van der Waals surface area contributed by atoms with Gasteiger partial charge in [-0.3, -0.25) is 0 Å². The Morgan fingerprint density at radius 3 is 2.71 bits per heavy atom. The molecule has 1 aromatic rings. The minimum absolute atomic E-state index is 0.334. The largest absolute Gasteiger partial charge is 0.397 e. The number of halogens is 2. The summed E-state index contributed by atoms with van der Waals surface area (Å²) in [6, 6.07) is 4.09. The van der Waals surface area contributed by atoms with E-state index in [2.05, 4.69) is 5.32 Å². The topological polar surface area (TPSA) is 38.0 Å². The van der Waals surface area contributed by atoms with E-state index in [1.54, 1.807) is 0 Å². The molecule has 2 nitrogen and oxygen atoms in total. The number of nitrogen functional groups attached to an aromatic ring is 1. The molecular weight excluding hydrogens is 219 g/mol. The molecule has 4 heteroatoms. The van der Waals surface area contributed by atoms with Gasteiger partial charge in [-0.2, -0.15) is 0 Å². The predicted molar refractivity (Wildman–Crippen MR) is 60.9 cm³/mol. The first-order valence-corrected chi connectivity index (χ1v) is 5.42. The molecule has 3 N–H and O–H groups in total. The fraction of sp³-hybridized carbons (Fsp3) is 0.400. The van der Waals surface area contributed by atoms with E-state index in [4.69, 9.17) is 28.9 Å². The van der Waals surface area contributed by atoms with Gasteiger partial charge in [-0.25, -0.2) is 0 Å². The van der Waals surface area contributed by atoms with Gasteiger partial charge in [0.2, 0.25) is 0 Å². The van der Waals surface area contributed by atoms with E-state index in [1.807, 2.05) is 12.1 Å². The number of hydrogen-bond acceptors (Lipinski definition) is 2. The van der Waals surface area contributed by atoms with Crippen LogP contribution in [0, 0.1) is 0 Å². The molecule has 2 rings (SSSR count). The molecule has 0 aliphatic carbocycles. The van der Waals surface area contributed by atoms with E-state index >= 15 is 0 Å². The smallest absolute Gasteiger partial charge is 0.0824 e. The van der Waals surface area contributed by atoms with Gasteiger partial charge in [-0.05, 0) is 31.0 Å². The van der Waals surface area contributed by atoms with Crippen molar-refractivity contribution in [3.8, 4) is 0 Å². The van der Waals surface area contributed by atoms with E-state index in [9.17, 15) is 0 Å². The van der Waals surface area contributed by atoms with Crippen LogP contribution in [-0.4, -0.2) is 6.54 Å². The third kappa shape index (κ3) is 1.70. The maximum atomic E-state index is 6.13. The van der Waals surface area contributed by atoms with Crippen molar-refractivity contribution >= 4 is 28.9 Å². The standard InChI is InChI=1S/C10H12Cl2N2/c11-9-6(8-2-1-5-14-8)3-4-7(13)10(9)12/h3-4,8,14H,1-2,5,13H2. The molecule has 1 aliphatic rings. The van der Waals surface area contributed by atoms with Crippen molar-refractivity contribution in [2.75, 3.05) is 12.3 Å². The number of anilines is 1. The van der Waals surface area contributed by atoms with Crippen LogP contribution in [0.25, 0.3) is 0 Å². The Kier molecular flexibility index (Phi) is 2.86. The normalized spacial score (nSPS) is 21.4. The van der Waals surface area contributed by atoms with Gasteiger partial charge in [0.15, 0.2) is 0 Å². The van der Waals surface area contributed by atoms with Gasteiger partial charge in [0.25, 0.3) is 0 Å². The van der Waals surface area contributed by atoms with Crippen molar-refractivity contribution < 1.29 is 0 Å². The van der Waals surface area contributed by atoms with Crippen molar-refractivity contribution in [2.45, 2.75) is 18.9 Å². The zero-order chi connectivity index (χ0) is 10.1. The Hall–Kier alpha value is -0.440. The van der Waals surface area contributed by atoms with Crippen molar-refractivity contribution in [2.24, 2.45) is 0 Å². The van der Waals surface area contributed by atoms with Gasteiger partial charge in [0, 0.05) is 6.04 Å². The average molecular weight is 231 g/mol. The van der Waals surface area contributed by atoms with E-state index in [0.717, 1.165) is 18.5 Å². The summed E-state index contributed by atoms with van der Waals surface area (Å²) >= 11 is 12.1. The highest BCUT2D eigenvalue weighted by Crippen LogP contribution is 2.36. The number of nitrogens with one attached hydrogen (secondary N) is 1. The predicted octanol–water partition coefficient (Wildman–Crippen LogP) is 3.00. The highest BCUT2D eigenvalue weighted by atomic mass is 35.5. The molecule has 76 valence electrons. The van der Waals surface area contributed by atoms with Crippen molar-refractivity contribution in [3.63, 3.8) is 0 Å². The molecule has 14 heavy (non-hydrogen) atoms. The van der Waals surface area contributed by atoms with E-state index in [1.165, 1.54) is 6.42 Å². The molecule has 1 heterocycles. The summed E-state index contributed by atoms with van der Waals surface area (Å²) < 4.78 is 0. The zero-order valence-corrected chi connectivity index (χ0v) is 9.20. The van der Waals surface area contributed by atoms with Gasteiger partial charge in [-0.15, -0.1) is 0 Å². The lowest BCUT2D eigenvalue weighted by atomic mass is 10.0.